The van der Waals surface area contributed by atoms with Crippen molar-refractivity contribution in [2.24, 2.45) is 5.92 Å². The smallest absolute Gasteiger partial charge is 0.135 e. The van der Waals surface area contributed by atoms with Crippen LogP contribution in [-0.2, 0) is 12.8 Å². The van der Waals surface area contributed by atoms with Crippen LogP contribution < -0.4 is 0 Å². The molecule has 3 rings (SSSR count). The summed E-state index contributed by atoms with van der Waals surface area (Å²) in [5, 5.41) is 18.8. The minimum atomic E-state index is -0.409. The number of hydrogen-bond donors (Lipinski definition) is 1. The highest BCUT2D eigenvalue weighted by molar-refractivity contribution is 5.02. The van der Waals surface area contributed by atoms with Crippen molar-refractivity contribution in [1.29, 1.82) is 0 Å². The Morgan fingerprint density at radius 3 is 2.90 bits per heavy atom. The summed E-state index contributed by atoms with van der Waals surface area (Å²) in [4.78, 5) is 2.55. The highest BCUT2D eigenvalue weighted by Crippen LogP contribution is 2.26. The molecule has 1 saturated heterocycles. The van der Waals surface area contributed by atoms with E-state index in [-0.39, 0.29) is 0 Å². The number of nitrogens with zero attached hydrogens (tertiary/aromatic N) is 4. The first-order valence-electron chi connectivity index (χ1n) is 8.00. The van der Waals surface area contributed by atoms with Gasteiger partial charge in [0.15, 0.2) is 0 Å². The third-order valence-electron chi connectivity index (χ3n) is 4.75. The summed E-state index contributed by atoms with van der Waals surface area (Å²) in [7, 11) is 0. The molecule has 112 valence electrons. The van der Waals surface area contributed by atoms with Crippen LogP contribution in [0.3, 0.4) is 0 Å². The number of aryl methyl sites for hydroxylation is 1. The van der Waals surface area contributed by atoms with Crippen molar-refractivity contribution in [2.45, 2.75) is 64.6 Å². The Morgan fingerprint density at radius 1 is 1.25 bits per heavy atom. The molecule has 0 bridgehead atoms. The molecule has 2 atom stereocenters. The second-order valence-corrected chi connectivity index (χ2v) is 6.58. The van der Waals surface area contributed by atoms with Crippen LogP contribution in [0.2, 0.25) is 0 Å². The molecule has 0 radical (unpaired) electrons. The first-order chi connectivity index (χ1) is 9.65. The molecule has 3 heterocycles. The van der Waals surface area contributed by atoms with Crippen LogP contribution in [0.1, 0.15) is 57.4 Å². The third-order valence-corrected chi connectivity index (χ3v) is 4.75. The van der Waals surface area contributed by atoms with Gasteiger partial charge in [0.2, 0.25) is 0 Å². The van der Waals surface area contributed by atoms with Gasteiger partial charge in [-0.15, -0.1) is 10.2 Å². The zero-order valence-corrected chi connectivity index (χ0v) is 12.6. The number of piperidine rings is 1. The van der Waals surface area contributed by atoms with Gasteiger partial charge in [0, 0.05) is 25.4 Å². The lowest BCUT2D eigenvalue weighted by molar-refractivity contribution is 0.0724. The van der Waals surface area contributed by atoms with Gasteiger partial charge in [-0.3, -0.25) is 4.57 Å². The van der Waals surface area contributed by atoms with Gasteiger partial charge >= 0.3 is 0 Å². The van der Waals surface area contributed by atoms with Gasteiger partial charge in [-0.05, 0) is 52.0 Å². The summed E-state index contributed by atoms with van der Waals surface area (Å²) in [5.74, 6) is 2.60. The molecule has 0 aliphatic carbocycles. The molecule has 1 fully saturated rings. The third kappa shape index (κ3) is 2.74. The summed E-state index contributed by atoms with van der Waals surface area (Å²) in [5.41, 5.74) is 0. The molecule has 5 nitrogen and oxygen atoms in total. The second kappa shape index (κ2) is 5.82. The highest BCUT2D eigenvalue weighted by Gasteiger charge is 2.27. The van der Waals surface area contributed by atoms with Gasteiger partial charge in [-0.25, -0.2) is 0 Å². The number of aliphatic hydroxyl groups excluding tert-OH is 1. The fourth-order valence-corrected chi connectivity index (χ4v) is 3.58. The van der Waals surface area contributed by atoms with E-state index in [1.54, 1.807) is 0 Å². The molecule has 0 aromatic carbocycles. The summed E-state index contributed by atoms with van der Waals surface area (Å²) in [6, 6.07) is 0.621. The first kappa shape index (κ1) is 14.0. The van der Waals surface area contributed by atoms with Crippen molar-refractivity contribution >= 4 is 0 Å². The predicted octanol–water partition coefficient (Wildman–Crippen LogP) is 1.77. The Bertz CT molecular complexity index is 457. The average molecular weight is 278 g/mol. The predicted molar refractivity (Wildman–Crippen MR) is 77.4 cm³/mol. The number of rotatable bonds is 3. The molecule has 2 aliphatic rings. The van der Waals surface area contributed by atoms with Crippen molar-refractivity contribution in [2.75, 3.05) is 13.1 Å². The van der Waals surface area contributed by atoms with E-state index in [1.165, 1.54) is 19.4 Å². The van der Waals surface area contributed by atoms with Crippen molar-refractivity contribution < 1.29 is 5.11 Å². The molecule has 0 amide bonds. The fourth-order valence-electron chi connectivity index (χ4n) is 3.58. The lowest BCUT2D eigenvalue weighted by Crippen LogP contribution is -2.40. The van der Waals surface area contributed by atoms with E-state index < -0.39 is 6.23 Å². The van der Waals surface area contributed by atoms with E-state index in [0.717, 1.165) is 43.9 Å². The lowest BCUT2D eigenvalue weighted by Gasteiger charge is -2.35. The zero-order chi connectivity index (χ0) is 14.1. The van der Waals surface area contributed by atoms with E-state index >= 15 is 0 Å². The van der Waals surface area contributed by atoms with E-state index in [9.17, 15) is 5.11 Å². The van der Waals surface area contributed by atoms with E-state index in [2.05, 4.69) is 28.9 Å². The monoisotopic (exact) mass is 278 g/mol. The Balaban J connectivity index is 1.70. The zero-order valence-electron chi connectivity index (χ0n) is 12.6. The van der Waals surface area contributed by atoms with Gasteiger partial charge in [0.25, 0.3) is 0 Å². The van der Waals surface area contributed by atoms with Crippen molar-refractivity contribution in [3.63, 3.8) is 0 Å². The van der Waals surface area contributed by atoms with Crippen molar-refractivity contribution in [3.8, 4) is 0 Å². The Morgan fingerprint density at radius 2 is 2.10 bits per heavy atom. The molecular formula is C15H26N4O. The summed E-state index contributed by atoms with van der Waals surface area (Å²) in [6.07, 6.45) is 5.88. The summed E-state index contributed by atoms with van der Waals surface area (Å²) < 4.78 is 1.98. The largest absolute Gasteiger partial charge is 0.373 e. The molecule has 1 aromatic heterocycles. The quantitative estimate of drug-likeness (QED) is 0.915. The minimum Gasteiger partial charge on any atom is -0.373 e. The van der Waals surface area contributed by atoms with Crippen LogP contribution in [0.5, 0.6) is 0 Å². The van der Waals surface area contributed by atoms with Crippen LogP contribution in [0, 0.1) is 5.92 Å². The number of aromatic nitrogens is 3. The van der Waals surface area contributed by atoms with Crippen LogP contribution in [0.15, 0.2) is 0 Å². The molecule has 5 heteroatoms. The van der Waals surface area contributed by atoms with E-state index in [0.29, 0.717) is 12.0 Å². The fraction of sp³-hybridized carbons (Fsp3) is 0.867. The van der Waals surface area contributed by atoms with Gasteiger partial charge in [-0.1, -0.05) is 0 Å². The van der Waals surface area contributed by atoms with Crippen LogP contribution >= 0.6 is 0 Å². The SMILES string of the molecule is CC(C)N1CCCC(Cc2nnc3n2C(O)CCC3)C1. The molecule has 0 spiro atoms. The molecular weight excluding hydrogens is 252 g/mol. The number of aliphatic hydroxyl groups is 1. The topological polar surface area (TPSA) is 54.2 Å². The van der Waals surface area contributed by atoms with E-state index in [4.69, 9.17) is 0 Å². The Hall–Kier alpha value is -0.940. The highest BCUT2D eigenvalue weighted by atomic mass is 16.3. The van der Waals surface area contributed by atoms with Crippen LogP contribution in [0.4, 0.5) is 0 Å². The molecule has 1 N–H and O–H groups in total. The van der Waals surface area contributed by atoms with Gasteiger partial charge in [0.1, 0.15) is 17.9 Å². The molecule has 2 aliphatic heterocycles. The number of likely N-dealkylation sites (tertiary alicyclic amines) is 1. The van der Waals surface area contributed by atoms with E-state index in [1.807, 2.05) is 4.57 Å². The maximum Gasteiger partial charge on any atom is 0.135 e. The maximum atomic E-state index is 10.2. The van der Waals surface area contributed by atoms with Crippen molar-refractivity contribution in [3.05, 3.63) is 11.6 Å². The molecule has 2 unspecified atom stereocenters. The number of hydrogen-bond acceptors (Lipinski definition) is 4. The molecule has 1 aromatic rings. The van der Waals surface area contributed by atoms with Crippen LogP contribution in [-0.4, -0.2) is 43.9 Å². The summed E-state index contributed by atoms with van der Waals surface area (Å²) in [6.45, 7) is 6.90. The molecule has 20 heavy (non-hydrogen) atoms. The second-order valence-electron chi connectivity index (χ2n) is 6.58. The van der Waals surface area contributed by atoms with Crippen molar-refractivity contribution in [1.82, 2.24) is 19.7 Å². The summed E-state index contributed by atoms with van der Waals surface area (Å²) >= 11 is 0. The maximum absolute atomic E-state index is 10.2. The number of fused-ring (bicyclic) bond motifs is 1. The Kier molecular flexibility index (Phi) is 4.08. The standard InChI is InChI=1S/C15H26N4O/c1-11(2)18-8-4-5-12(10-18)9-14-17-16-13-6-3-7-15(20)19(13)14/h11-12,15,20H,3-10H2,1-2H3. The molecule has 0 saturated carbocycles. The average Bonchev–Trinajstić information content (AvgIpc) is 2.84. The normalized spacial score (nSPS) is 27.8. The van der Waals surface area contributed by atoms with Gasteiger partial charge in [-0.2, -0.15) is 0 Å². The van der Waals surface area contributed by atoms with Gasteiger partial charge < -0.3 is 10.0 Å². The van der Waals surface area contributed by atoms with Crippen LogP contribution in [0.25, 0.3) is 0 Å². The first-order valence-corrected chi connectivity index (χ1v) is 8.00. The lowest BCUT2D eigenvalue weighted by atomic mass is 9.93. The Labute approximate surface area is 121 Å². The minimum absolute atomic E-state index is 0.409. The van der Waals surface area contributed by atoms with Gasteiger partial charge in [0.05, 0.1) is 0 Å².